The maximum atomic E-state index is 9.29. The van der Waals surface area contributed by atoms with E-state index in [0.717, 1.165) is 23.3 Å². The van der Waals surface area contributed by atoms with Crippen molar-refractivity contribution in [3.63, 3.8) is 0 Å². The average Bonchev–Trinajstić information content (AvgIpc) is 2.52. The Bertz CT molecular complexity index is 496. The molecular weight excluding hydrogens is 210 g/mol. The molecule has 1 heterocycles. The van der Waals surface area contributed by atoms with Crippen molar-refractivity contribution in [1.82, 2.24) is 0 Å². The molecule has 0 saturated heterocycles. The molecular formula is C15H17NO. The van der Waals surface area contributed by atoms with Gasteiger partial charge in [-0.1, -0.05) is 37.6 Å². The zero-order chi connectivity index (χ0) is 12.5. The molecule has 0 aromatic rings. The normalized spacial score (nSPS) is 22.5. The van der Waals surface area contributed by atoms with Gasteiger partial charge in [-0.15, -0.1) is 0 Å². The Morgan fingerprint density at radius 2 is 2.12 bits per heavy atom. The molecule has 2 heteroatoms. The molecule has 17 heavy (non-hydrogen) atoms. The van der Waals surface area contributed by atoms with Crippen molar-refractivity contribution in [2.75, 3.05) is 6.61 Å². The van der Waals surface area contributed by atoms with Crippen LogP contribution in [0, 0.1) is 16.7 Å². The monoisotopic (exact) mass is 227 g/mol. The molecule has 2 rings (SSSR count). The molecule has 0 amide bonds. The van der Waals surface area contributed by atoms with Gasteiger partial charge in [0.2, 0.25) is 0 Å². The summed E-state index contributed by atoms with van der Waals surface area (Å²) in [5, 5.41) is 9.29. The van der Waals surface area contributed by atoms with E-state index in [0.29, 0.717) is 6.61 Å². The third-order valence-corrected chi connectivity index (χ3v) is 2.96. The second-order valence-corrected chi connectivity index (χ2v) is 5.31. The first-order chi connectivity index (χ1) is 8.02. The van der Waals surface area contributed by atoms with Crippen LogP contribution in [0.15, 0.2) is 46.8 Å². The van der Waals surface area contributed by atoms with Gasteiger partial charge in [0.05, 0.1) is 18.2 Å². The molecule has 2 aliphatic rings. The van der Waals surface area contributed by atoms with E-state index in [1.165, 1.54) is 5.57 Å². The highest BCUT2D eigenvalue weighted by molar-refractivity contribution is 5.54. The average molecular weight is 227 g/mol. The van der Waals surface area contributed by atoms with E-state index in [9.17, 15) is 5.26 Å². The van der Waals surface area contributed by atoms with Crippen LogP contribution in [0.1, 0.15) is 27.2 Å². The fourth-order valence-electron chi connectivity index (χ4n) is 1.97. The zero-order valence-electron chi connectivity index (χ0n) is 10.6. The molecule has 1 aliphatic heterocycles. The summed E-state index contributed by atoms with van der Waals surface area (Å²) in [6.45, 7) is 6.85. The summed E-state index contributed by atoms with van der Waals surface area (Å²) in [5.41, 5.74) is 2.84. The molecule has 0 aromatic carbocycles. The highest BCUT2D eigenvalue weighted by Crippen LogP contribution is 2.33. The molecule has 88 valence electrons. The number of hydrogen-bond acceptors (Lipinski definition) is 2. The number of hydrogen-bond donors (Lipinski definition) is 0. The Balaban J connectivity index is 2.50. The van der Waals surface area contributed by atoms with Crippen LogP contribution in [0.25, 0.3) is 0 Å². The van der Waals surface area contributed by atoms with Gasteiger partial charge in [0, 0.05) is 11.0 Å². The Morgan fingerprint density at radius 1 is 1.35 bits per heavy atom. The molecule has 0 atom stereocenters. The summed E-state index contributed by atoms with van der Waals surface area (Å²) in [4.78, 5) is 0. The third kappa shape index (κ3) is 2.50. The number of rotatable bonds is 0. The summed E-state index contributed by atoms with van der Waals surface area (Å²) in [7, 11) is 0. The first kappa shape index (κ1) is 11.7. The second-order valence-electron chi connectivity index (χ2n) is 5.31. The maximum absolute atomic E-state index is 9.29. The predicted molar refractivity (Wildman–Crippen MR) is 68.0 cm³/mol. The van der Waals surface area contributed by atoms with Gasteiger partial charge >= 0.3 is 0 Å². The van der Waals surface area contributed by atoms with Crippen molar-refractivity contribution in [3.05, 3.63) is 46.8 Å². The van der Waals surface area contributed by atoms with E-state index < -0.39 is 0 Å². The quantitative estimate of drug-likeness (QED) is 0.632. The van der Waals surface area contributed by atoms with Gasteiger partial charge in [0.1, 0.15) is 5.76 Å². The van der Waals surface area contributed by atoms with Crippen LogP contribution in [0.3, 0.4) is 0 Å². The Hall–Kier alpha value is -1.75. The minimum atomic E-state index is -0.0995. The summed E-state index contributed by atoms with van der Waals surface area (Å²) in [6.07, 6.45) is 9.01. The fraction of sp³-hybridized carbons (Fsp3) is 0.400. The molecule has 0 fully saturated rings. The highest BCUT2D eigenvalue weighted by atomic mass is 16.5. The molecule has 0 aromatic heterocycles. The van der Waals surface area contributed by atoms with Gasteiger partial charge in [-0.05, 0) is 19.4 Å². The minimum absolute atomic E-state index is 0.0995. The van der Waals surface area contributed by atoms with Gasteiger partial charge in [-0.2, -0.15) is 5.26 Å². The number of allylic oxidation sites excluding steroid dienone is 5. The van der Waals surface area contributed by atoms with Crippen molar-refractivity contribution in [3.8, 4) is 6.07 Å². The van der Waals surface area contributed by atoms with Crippen LogP contribution in [-0.4, -0.2) is 6.61 Å². The smallest absolute Gasteiger partial charge is 0.127 e. The van der Waals surface area contributed by atoms with Crippen LogP contribution in [-0.2, 0) is 4.74 Å². The summed E-state index contributed by atoms with van der Waals surface area (Å²) in [6, 6.07) is 2.29. The first-order valence-corrected chi connectivity index (χ1v) is 5.86. The number of nitriles is 1. The van der Waals surface area contributed by atoms with E-state index in [4.69, 9.17) is 4.74 Å². The summed E-state index contributed by atoms with van der Waals surface area (Å²) < 4.78 is 5.83. The lowest BCUT2D eigenvalue weighted by atomic mass is 9.90. The maximum Gasteiger partial charge on any atom is 0.127 e. The van der Waals surface area contributed by atoms with Crippen LogP contribution in [0.5, 0.6) is 0 Å². The van der Waals surface area contributed by atoms with Crippen LogP contribution < -0.4 is 0 Å². The fourth-order valence-corrected chi connectivity index (χ4v) is 1.97. The first-order valence-electron chi connectivity index (χ1n) is 5.86. The lowest BCUT2D eigenvalue weighted by molar-refractivity contribution is 0.155. The SMILES string of the molecule is CC1=CC=C2OCC(C)(C)C=C(C#N)C2=CC1. The van der Waals surface area contributed by atoms with Gasteiger partial charge < -0.3 is 4.74 Å². The molecule has 2 nitrogen and oxygen atoms in total. The van der Waals surface area contributed by atoms with E-state index >= 15 is 0 Å². The summed E-state index contributed by atoms with van der Waals surface area (Å²) in [5.74, 6) is 0.820. The Labute approximate surface area is 103 Å². The minimum Gasteiger partial charge on any atom is -0.492 e. The van der Waals surface area contributed by atoms with Crippen molar-refractivity contribution < 1.29 is 4.74 Å². The van der Waals surface area contributed by atoms with E-state index in [-0.39, 0.29) is 5.41 Å². The number of fused-ring (bicyclic) bond motifs is 1. The van der Waals surface area contributed by atoms with Gasteiger partial charge in [0.15, 0.2) is 0 Å². The highest BCUT2D eigenvalue weighted by Gasteiger charge is 2.25. The number of ether oxygens (including phenoxy) is 1. The standard InChI is InChI=1S/C15H17NO/c1-11-4-6-13-12(9-16)8-15(2,3)10-17-14(13)7-5-11/h5-8H,4,10H2,1-3H3. The van der Waals surface area contributed by atoms with Gasteiger partial charge in [0.25, 0.3) is 0 Å². The lowest BCUT2D eigenvalue weighted by Crippen LogP contribution is -2.14. The third-order valence-electron chi connectivity index (χ3n) is 2.96. The van der Waals surface area contributed by atoms with Gasteiger partial charge in [-0.3, -0.25) is 0 Å². The zero-order valence-corrected chi connectivity index (χ0v) is 10.6. The molecule has 0 saturated carbocycles. The van der Waals surface area contributed by atoms with E-state index in [2.05, 4.69) is 39.0 Å². The molecule has 0 bridgehead atoms. The molecule has 0 spiro atoms. The number of nitrogens with zero attached hydrogens (tertiary/aromatic N) is 1. The molecule has 0 N–H and O–H groups in total. The van der Waals surface area contributed by atoms with Crippen LogP contribution in [0.4, 0.5) is 0 Å². The summed E-state index contributed by atoms with van der Waals surface area (Å²) >= 11 is 0. The lowest BCUT2D eigenvalue weighted by Gasteiger charge is -2.18. The van der Waals surface area contributed by atoms with Crippen LogP contribution >= 0.6 is 0 Å². The van der Waals surface area contributed by atoms with E-state index in [1.54, 1.807) is 0 Å². The van der Waals surface area contributed by atoms with Gasteiger partial charge in [-0.25, -0.2) is 0 Å². The topological polar surface area (TPSA) is 33.0 Å². The Kier molecular flexibility index (Phi) is 2.93. The Morgan fingerprint density at radius 3 is 2.82 bits per heavy atom. The van der Waals surface area contributed by atoms with Crippen molar-refractivity contribution in [2.24, 2.45) is 5.41 Å². The van der Waals surface area contributed by atoms with Crippen molar-refractivity contribution in [2.45, 2.75) is 27.2 Å². The molecule has 0 radical (unpaired) electrons. The van der Waals surface area contributed by atoms with E-state index in [1.807, 2.05) is 12.2 Å². The second kappa shape index (κ2) is 4.25. The largest absolute Gasteiger partial charge is 0.492 e. The van der Waals surface area contributed by atoms with Crippen molar-refractivity contribution in [1.29, 1.82) is 5.26 Å². The van der Waals surface area contributed by atoms with Crippen LogP contribution in [0.2, 0.25) is 0 Å². The molecule has 1 aliphatic carbocycles. The molecule has 0 unspecified atom stereocenters. The predicted octanol–water partition coefficient (Wildman–Crippen LogP) is 3.65. The van der Waals surface area contributed by atoms with Crippen molar-refractivity contribution >= 4 is 0 Å².